The lowest BCUT2D eigenvalue weighted by Gasteiger charge is -2.30. The number of benzene rings is 6. The molecular formula is C35H29NO. The zero-order valence-corrected chi connectivity index (χ0v) is 21.4. The van der Waals surface area contributed by atoms with Crippen molar-refractivity contribution in [1.82, 2.24) is 0 Å². The highest BCUT2D eigenvalue weighted by Gasteiger charge is 2.21. The van der Waals surface area contributed by atoms with E-state index in [-0.39, 0.29) is 0 Å². The van der Waals surface area contributed by atoms with E-state index >= 15 is 0 Å². The number of ether oxygens (including phenoxy) is 1. The summed E-state index contributed by atoms with van der Waals surface area (Å²) in [5.74, 6) is 0.845. The van der Waals surface area contributed by atoms with Crippen LogP contribution in [0.1, 0.15) is 11.1 Å². The number of anilines is 3. The molecule has 2 heteroatoms. The molecule has 0 spiro atoms. The Morgan fingerprint density at radius 2 is 1.24 bits per heavy atom. The summed E-state index contributed by atoms with van der Waals surface area (Å²) in [5, 5.41) is 4.94. The van der Waals surface area contributed by atoms with Crippen molar-refractivity contribution in [2.45, 2.75) is 13.8 Å². The van der Waals surface area contributed by atoms with Crippen LogP contribution in [0, 0.1) is 13.8 Å². The van der Waals surface area contributed by atoms with Crippen LogP contribution >= 0.6 is 0 Å². The molecule has 0 radical (unpaired) electrons. The molecule has 0 amide bonds. The average Bonchev–Trinajstić information content (AvgIpc) is 2.94. The van der Waals surface area contributed by atoms with Crippen LogP contribution in [0.4, 0.5) is 17.1 Å². The number of rotatable bonds is 5. The molecule has 6 aromatic carbocycles. The highest BCUT2D eigenvalue weighted by atomic mass is 16.5. The first-order chi connectivity index (χ1) is 18.1. The van der Waals surface area contributed by atoms with Crippen molar-refractivity contribution >= 4 is 38.6 Å². The third kappa shape index (κ3) is 4.21. The van der Waals surface area contributed by atoms with E-state index in [0.717, 1.165) is 22.8 Å². The Kier molecular flexibility index (Phi) is 5.86. The molecule has 6 rings (SSSR count). The van der Waals surface area contributed by atoms with Gasteiger partial charge in [-0.2, -0.15) is 0 Å². The minimum absolute atomic E-state index is 0.845. The van der Waals surface area contributed by atoms with Gasteiger partial charge >= 0.3 is 0 Å². The lowest BCUT2D eigenvalue weighted by atomic mass is 9.93. The fourth-order valence-corrected chi connectivity index (χ4v) is 5.29. The van der Waals surface area contributed by atoms with Gasteiger partial charge in [0.25, 0.3) is 0 Å². The first-order valence-electron chi connectivity index (χ1n) is 12.6. The number of fused-ring (bicyclic) bond motifs is 2. The summed E-state index contributed by atoms with van der Waals surface area (Å²) in [6, 6.07) is 43.5. The van der Waals surface area contributed by atoms with E-state index in [0.29, 0.717) is 0 Å². The normalized spacial score (nSPS) is 11.1. The molecule has 0 unspecified atom stereocenters. The molecular weight excluding hydrogens is 450 g/mol. The minimum atomic E-state index is 0.845. The van der Waals surface area contributed by atoms with Gasteiger partial charge in [0.05, 0.1) is 12.8 Å². The summed E-state index contributed by atoms with van der Waals surface area (Å²) in [6.07, 6.45) is 0. The molecule has 0 atom stereocenters. The molecule has 0 aliphatic rings. The third-order valence-electron chi connectivity index (χ3n) is 7.11. The first kappa shape index (κ1) is 22.9. The number of hydrogen-bond donors (Lipinski definition) is 0. The van der Waals surface area contributed by atoms with Crippen molar-refractivity contribution < 1.29 is 4.74 Å². The maximum Gasteiger partial charge on any atom is 0.119 e. The van der Waals surface area contributed by atoms with Gasteiger partial charge in [0.2, 0.25) is 0 Å². The van der Waals surface area contributed by atoms with E-state index in [4.69, 9.17) is 4.74 Å². The lowest BCUT2D eigenvalue weighted by Crippen LogP contribution is -2.13. The van der Waals surface area contributed by atoms with E-state index in [2.05, 4.69) is 128 Å². The quantitative estimate of drug-likeness (QED) is 0.244. The summed E-state index contributed by atoms with van der Waals surface area (Å²) in [4.78, 5) is 2.38. The largest absolute Gasteiger partial charge is 0.497 e. The SMILES string of the molecule is COc1ccc(N(c2ccc(C)cc2C)c2ccc3ccccc3c2-c2ccc3ccccc3c2)cc1. The van der Waals surface area contributed by atoms with Gasteiger partial charge in [-0.05, 0) is 89.0 Å². The molecule has 0 heterocycles. The smallest absolute Gasteiger partial charge is 0.119 e. The highest BCUT2D eigenvalue weighted by Crippen LogP contribution is 2.45. The van der Waals surface area contributed by atoms with Crippen molar-refractivity contribution in [2.75, 3.05) is 12.0 Å². The first-order valence-corrected chi connectivity index (χ1v) is 12.6. The van der Waals surface area contributed by atoms with Crippen LogP contribution in [0.2, 0.25) is 0 Å². The van der Waals surface area contributed by atoms with Gasteiger partial charge in [-0.3, -0.25) is 0 Å². The zero-order valence-electron chi connectivity index (χ0n) is 21.4. The zero-order chi connectivity index (χ0) is 25.4. The summed E-state index contributed by atoms with van der Waals surface area (Å²) in [7, 11) is 1.71. The van der Waals surface area contributed by atoms with Crippen LogP contribution in [0.5, 0.6) is 5.75 Å². The third-order valence-corrected chi connectivity index (χ3v) is 7.11. The standard InChI is InChI=1S/C35H29NO/c1-24-12-20-33(25(2)22-24)36(30-16-18-31(37-3)19-17-30)34-21-15-27-9-6-7-11-32(27)35(34)29-14-13-26-8-4-5-10-28(26)23-29/h4-23H,1-3H3. The summed E-state index contributed by atoms with van der Waals surface area (Å²) in [6.45, 7) is 4.33. The topological polar surface area (TPSA) is 12.5 Å². The summed E-state index contributed by atoms with van der Waals surface area (Å²) < 4.78 is 5.47. The second-order valence-corrected chi connectivity index (χ2v) is 9.57. The Morgan fingerprint density at radius 3 is 2.00 bits per heavy atom. The maximum atomic E-state index is 5.47. The van der Waals surface area contributed by atoms with Gasteiger partial charge in [0.1, 0.15) is 5.75 Å². The van der Waals surface area contributed by atoms with Crippen molar-refractivity contribution in [2.24, 2.45) is 0 Å². The van der Waals surface area contributed by atoms with E-state index in [1.807, 2.05) is 12.1 Å². The fraction of sp³-hybridized carbons (Fsp3) is 0.0857. The van der Waals surface area contributed by atoms with Crippen LogP contribution in [-0.4, -0.2) is 7.11 Å². The molecule has 0 saturated carbocycles. The predicted molar refractivity (Wildman–Crippen MR) is 158 cm³/mol. The number of hydrogen-bond acceptors (Lipinski definition) is 2. The van der Waals surface area contributed by atoms with Crippen LogP contribution in [-0.2, 0) is 0 Å². The molecule has 0 aromatic heterocycles. The second-order valence-electron chi connectivity index (χ2n) is 9.57. The van der Waals surface area contributed by atoms with Gasteiger partial charge < -0.3 is 9.64 Å². The number of nitrogens with zero attached hydrogens (tertiary/aromatic N) is 1. The van der Waals surface area contributed by atoms with Gasteiger partial charge in [-0.15, -0.1) is 0 Å². The highest BCUT2D eigenvalue weighted by molar-refractivity contribution is 6.06. The van der Waals surface area contributed by atoms with Crippen LogP contribution in [0.15, 0.2) is 121 Å². The Bertz CT molecular complexity index is 1730. The molecule has 0 fully saturated rings. The summed E-state index contributed by atoms with van der Waals surface area (Å²) in [5.41, 5.74) is 8.30. The van der Waals surface area contributed by atoms with Gasteiger partial charge in [-0.25, -0.2) is 0 Å². The molecule has 0 aliphatic carbocycles. The van der Waals surface area contributed by atoms with Crippen molar-refractivity contribution in [3.8, 4) is 16.9 Å². The van der Waals surface area contributed by atoms with Crippen LogP contribution in [0.25, 0.3) is 32.7 Å². The second kappa shape index (κ2) is 9.48. The Balaban J connectivity index is 1.67. The van der Waals surface area contributed by atoms with Crippen molar-refractivity contribution in [1.29, 1.82) is 0 Å². The fourth-order valence-electron chi connectivity index (χ4n) is 5.29. The van der Waals surface area contributed by atoms with Gasteiger partial charge in [-0.1, -0.05) is 84.4 Å². The van der Waals surface area contributed by atoms with E-state index in [1.54, 1.807) is 7.11 Å². The van der Waals surface area contributed by atoms with Crippen molar-refractivity contribution in [3.05, 3.63) is 132 Å². The maximum absolute atomic E-state index is 5.47. The Morgan fingerprint density at radius 1 is 0.568 bits per heavy atom. The molecule has 0 bridgehead atoms. The number of methoxy groups -OCH3 is 1. The predicted octanol–water partition coefficient (Wildman–Crippen LogP) is 9.76. The van der Waals surface area contributed by atoms with Gasteiger partial charge in [0.15, 0.2) is 0 Å². The monoisotopic (exact) mass is 479 g/mol. The number of aryl methyl sites for hydroxylation is 2. The van der Waals surface area contributed by atoms with Crippen LogP contribution < -0.4 is 9.64 Å². The Labute approximate surface area is 218 Å². The van der Waals surface area contributed by atoms with Crippen LogP contribution in [0.3, 0.4) is 0 Å². The average molecular weight is 480 g/mol. The molecule has 0 N–H and O–H groups in total. The molecule has 180 valence electrons. The minimum Gasteiger partial charge on any atom is -0.497 e. The molecule has 0 aliphatic heterocycles. The Hall–Kier alpha value is -4.56. The lowest BCUT2D eigenvalue weighted by molar-refractivity contribution is 0.415. The van der Waals surface area contributed by atoms with E-state index < -0.39 is 0 Å². The van der Waals surface area contributed by atoms with E-state index in [1.165, 1.54) is 43.8 Å². The molecule has 37 heavy (non-hydrogen) atoms. The molecule has 2 nitrogen and oxygen atoms in total. The van der Waals surface area contributed by atoms with Gasteiger partial charge in [0, 0.05) is 16.9 Å². The molecule has 0 saturated heterocycles. The molecule has 6 aromatic rings. The van der Waals surface area contributed by atoms with Crippen molar-refractivity contribution in [3.63, 3.8) is 0 Å². The van der Waals surface area contributed by atoms with E-state index in [9.17, 15) is 0 Å². The summed E-state index contributed by atoms with van der Waals surface area (Å²) >= 11 is 0.